The van der Waals surface area contributed by atoms with E-state index in [0.717, 1.165) is 0 Å². The molecule has 0 bridgehead atoms. The third kappa shape index (κ3) is 6.47. The van der Waals surface area contributed by atoms with Crippen LogP contribution in [0.25, 0.3) is 0 Å². The fraction of sp³-hybridized carbons (Fsp3) is 0.778. The second kappa shape index (κ2) is 12.7. The number of alkyl halides is 30. The molecule has 0 saturated carbocycles. The van der Waals surface area contributed by atoms with E-state index in [4.69, 9.17) is 0 Å². The Kier molecular flexibility index (Phi) is 12.0. The predicted molar refractivity (Wildman–Crippen MR) is 91.0 cm³/mol. The van der Waals surface area contributed by atoms with Gasteiger partial charge in [0.2, 0.25) is 11.7 Å². The summed E-state index contributed by atoms with van der Waals surface area (Å²) in [7, 11) is 0. The first-order valence-corrected chi connectivity index (χ1v) is 10.8. The van der Waals surface area contributed by atoms with Crippen LogP contribution in [0.4, 0.5) is 149 Å². The Labute approximate surface area is 262 Å². The first-order chi connectivity index (χ1) is 22.4. The Morgan fingerprint density at radius 1 is 0.226 bits per heavy atom. The van der Waals surface area contributed by atoms with E-state index in [1.165, 1.54) is 0 Å². The smallest absolute Gasteiger partial charge is 0.400 e. The summed E-state index contributed by atoms with van der Waals surface area (Å²) < 4.78 is 447. The fourth-order valence-electron chi connectivity index (χ4n) is 2.62. The molecule has 0 aliphatic heterocycles. The summed E-state index contributed by atoms with van der Waals surface area (Å²) >= 11 is 0. The lowest BCUT2D eigenvalue weighted by atomic mass is 9.90. The number of rotatable bonds is 14. The number of allylic oxidation sites excluding steroid dienone is 2. The molecule has 0 aliphatic carbocycles. The molecule has 0 radical (unpaired) electrons. The third-order valence-corrected chi connectivity index (χ3v) is 5.73. The summed E-state index contributed by atoms with van der Waals surface area (Å²) in [6, 6.07) is -10.7. The molecule has 0 amide bonds. The number of hydrogen-bond acceptors (Lipinski definition) is 1. The molecular formula is C18F34O. The first-order valence-electron chi connectivity index (χ1n) is 10.8. The molecule has 0 aromatic heterocycles. The molecule has 0 unspecified atom stereocenters. The average Bonchev–Trinajstić information content (AvgIpc) is 2.93. The zero-order valence-corrected chi connectivity index (χ0v) is 22.3. The molecule has 0 fully saturated rings. The Bertz CT molecular complexity index is 1310. The molecule has 0 N–H and O–H groups in total. The van der Waals surface area contributed by atoms with Crippen LogP contribution in [0.15, 0.2) is 23.7 Å². The van der Waals surface area contributed by atoms with Crippen LogP contribution in [-0.4, -0.2) is 83.4 Å². The molecule has 0 aromatic rings. The van der Waals surface area contributed by atoms with Gasteiger partial charge in [0.05, 0.1) is 0 Å². The number of halogens is 34. The predicted octanol–water partition coefficient (Wildman–Crippen LogP) is 12.0. The van der Waals surface area contributed by atoms with Crippen molar-refractivity contribution in [2.45, 2.75) is 83.4 Å². The lowest BCUT2D eigenvalue weighted by molar-refractivity contribution is -0.451. The summed E-state index contributed by atoms with van der Waals surface area (Å²) in [5.74, 6) is -120. The van der Waals surface area contributed by atoms with Crippen LogP contribution in [0, 0.1) is 0 Å². The van der Waals surface area contributed by atoms with Gasteiger partial charge in [-0.2, -0.15) is 149 Å². The Hall–Kier alpha value is -3.10. The lowest BCUT2D eigenvalue weighted by Gasteiger charge is -2.41. The van der Waals surface area contributed by atoms with Crippen LogP contribution in [0.5, 0.6) is 0 Å². The molecule has 316 valence electrons. The maximum Gasteiger partial charge on any atom is 0.460 e. The maximum absolute atomic E-state index is 13.6. The molecule has 0 heterocycles. The van der Waals surface area contributed by atoms with Crippen molar-refractivity contribution in [3.63, 3.8) is 0 Å². The van der Waals surface area contributed by atoms with Gasteiger partial charge in [0, 0.05) is 0 Å². The van der Waals surface area contributed by atoms with Gasteiger partial charge in [0.1, 0.15) is 0 Å². The number of hydrogen-bond donors (Lipinski definition) is 0. The van der Waals surface area contributed by atoms with Gasteiger partial charge in [-0.3, -0.25) is 0 Å². The highest BCUT2D eigenvalue weighted by molar-refractivity contribution is 5.23. The summed E-state index contributed by atoms with van der Waals surface area (Å²) in [6.07, 6.45) is -16.4. The highest BCUT2D eigenvalue weighted by Gasteiger charge is 2.95. The van der Waals surface area contributed by atoms with Gasteiger partial charge in [0.15, 0.2) is 0 Å². The fourth-order valence-corrected chi connectivity index (χ4v) is 2.62. The molecule has 35 heteroatoms. The molecule has 0 spiro atoms. The van der Waals surface area contributed by atoms with E-state index < -0.39 is 107 Å². The quantitative estimate of drug-likeness (QED) is 0.125. The van der Waals surface area contributed by atoms with Crippen molar-refractivity contribution in [3.05, 3.63) is 23.7 Å². The molecule has 0 rings (SSSR count). The molecule has 0 aromatic carbocycles. The van der Waals surface area contributed by atoms with E-state index in [-0.39, 0.29) is 0 Å². The SMILES string of the molecule is FC(OC(F)=C(F)C(F)(F)C(F)(F)C(F)(F)C(F)(F)C(F)(F)C(F)(F)C(F)(F)F)=C(F)C(F)(F)C(F)(F)C(F)(F)C(F)(F)C(F)(F)C(F)(F)C(F)(F)F. The van der Waals surface area contributed by atoms with Crippen molar-refractivity contribution in [3.8, 4) is 0 Å². The second-order valence-electron chi connectivity index (χ2n) is 9.17. The van der Waals surface area contributed by atoms with Crippen molar-refractivity contribution in [2.24, 2.45) is 0 Å². The van der Waals surface area contributed by atoms with Crippen molar-refractivity contribution in [2.75, 3.05) is 0 Å². The van der Waals surface area contributed by atoms with Crippen LogP contribution in [0.1, 0.15) is 0 Å². The van der Waals surface area contributed by atoms with Crippen LogP contribution in [-0.2, 0) is 4.74 Å². The standard InChI is InChI=1S/C18F34O/c19-1(5(23,24)7(27,28)9(31,32)11(35,36)13(39,40)15(43,44)17(47,48)49)3(21)53-4(22)2(20)6(25,26)8(29,30)10(33,34)12(37,38)14(41,42)16(45,46)18(50,51)52. The van der Waals surface area contributed by atoms with Gasteiger partial charge in [-0.1, -0.05) is 0 Å². The van der Waals surface area contributed by atoms with E-state index in [9.17, 15) is 149 Å². The van der Waals surface area contributed by atoms with Gasteiger partial charge in [-0.05, 0) is 0 Å². The van der Waals surface area contributed by atoms with Crippen molar-refractivity contribution in [1.29, 1.82) is 0 Å². The minimum atomic E-state index is -9.31. The Balaban J connectivity index is 7.28. The van der Waals surface area contributed by atoms with Crippen molar-refractivity contribution < 1.29 is 154 Å². The van der Waals surface area contributed by atoms with E-state index in [1.807, 2.05) is 0 Å². The van der Waals surface area contributed by atoms with Gasteiger partial charge in [-0.15, -0.1) is 0 Å². The molecule has 1 nitrogen and oxygen atoms in total. The molecule has 0 aliphatic rings. The first kappa shape index (κ1) is 49.9. The summed E-state index contributed by atoms with van der Waals surface area (Å²) in [5, 5.41) is 0. The molecule has 53 heavy (non-hydrogen) atoms. The second-order valence-corrected chi connectivity index (χ2v) is 9.17. The summed E-state index contributed by atoms with van der Waals surface area (Å²) in [6.45, 7) is 0. The number of ether oxygens (including phenoxy) is 1. The molecular weight excluding hydrogens is 878 g/mol. The Morgan fingerprint density at radius 2 is 0.377 bits per heavy atom. The zero-order chi connectivity index (χ0) is 44.0. The maximum atomic E-state index is 13.6. The highest BCUT2D eigenvalue weighted by Crippen LogP contribution is 2.65. The highest BCUT2D eigenvalue weighted by atomic mass is 19.4. The lowest BCUT2D eigenvalue weighted by Crippen LogP contribution is -2.72. The van der Waals surface area contributed by atoms with Gasteiger partial charge in [-0.25, -0.2) is 0 Å². The average molecular weight is 878 g/mol. The van der Waals surface area contributed by atoms with E-state index in [0.29, 0.717) is 0 Å². The van der Waals surface area contributed by atoms with Crippen LogP contribution in [0.2, 0.25) is 0 Å². The topological polar surface area (TPSA) is 9.23 Å². The third-order valence-electron chi connectivity index (χ3n) is 5.73. The monoisotopic (exact) mass is 878 g/mol. The van der Waals surface area contributed by atoms with Gasteiger partial charge >= 0.3 is 95.4 Å². The molecule has 0 saturated heterocycles. The van der Waals surface area contributed by atoms with E-state index in [1.54, 1.807) is 4.74 Å². The molecule has 0 atom stereocenters. The van der Waals surface area contributed by atoms with Crippen LogP contribution in [0.3, 0.4) is 0 Å². The van der Waals surface area contributed by atoms with E-state index >= 15 is 0 Å². The van der Waals surface area contributed by atoms with Gasteiger partial charge < -0.3 is 4.74 Å². The summed E-state index contributed by atoms with van der Waals surface area (Å²) in [5.41, 5.74) is 0. The van der Waals surface area contributed by atoms with Crippen LogP contribution < -0.4 is 0 Å². The van der Waals surface area contributed by atoms with Crippen molar-refractivity contribution >= 4 is 0 Å². The minimum Gasteiger partial charge on any atom is -0.400 e. The van der Waals surface area contributed by atoms with Crippen molar-refractivity contribution in [1.82, 2.24) is 0 Å². The van der Waals surface area contributed by atoms with Crippen LogP contribution >= 0.6 is 0 Å². The Morgan fingerprint density at radius 3 is 0.547 bits per heavy atom. The zero-order valence-electron chi connectivity index (χ0n) is 22.3. The minimum absolute atomic E-state index is 1.62. The van der Waals surface area contributed by atoms with Gasteiger partial charge in [0.25, 0.3) is 0 Å². The summed E-state index contributed by atoms with van der Waals surface area (Å²) in [4.78, 5) is 0. The van der Waals surface area contributed by atoms with E-state index in [2.05, 4.69) is 0 Å². The largest absolute Gasteiger partial charge is 0.460 e. The normalized spacial score (nSPS) is 17.5.